The van der Waals surface area contributed by atoms with Crippen LogP contribution in [0.15, 0.2) is 30.5 Å². The van der Waals surface area contributed by atoms with Crippen molar-refractivity contribution in [3.63, 3.8) is 0 Å². The first-order valence-electron chi connectivity index (χ1n) is 8.27. The molecule has 0 aliphatic heterocycles. The zero-order valence-corrected chi connectivity index (χ0v) is 13.3. The third kappa shape index (κ3) is 4.46. The van der Waals surface area contributed by atoms with Gasteiger partial charge in [-0.1, -0.05) is 45.4 Å². The maximum atomic E-state index is 9.14. The smallest absolute Gasteiger partial charge is 0.145 e. The number of pyridine rings is 1. The highest BCUT2D eigenvalue weighted by atomic mass is 16.5. The second-order valence-electron chi connectivity index (χ2n) is 5.59. The number of benzene rings is 1. The van der Waals surface area contributed by atoms with Crippen LogP contribution in [0.25, 0.3) is 10.9 Å². The molecule has 0 aliphatic carbocycles. The maximum absolute atomic E-state index is 9.14. The lowest BCUT2D eigenvalue weighted by molar-refractivity contribution is 0.307. The van der Waals surface area contributed by atoms with Gasteiger partial charge in [-0.2, -0.15) is 5.26 Å². The van der Waals surface area contributed by atoms with E-state index >= 15 is 0 Å². The number of nitriles is 1. The van der Waals surface area contributed by atoms with Crippen LogP contribution in [0, 0.1) is 11.3 Å². The first-order chi connectivity index (χ1) is 10.9. The molecule has 0 unspecified atom stereocenters. The number of aromatic nitrogens is 1. The van der Waals surface area contributed by atoms with E-state index in [0.717, 1.165) is 23.1 Å². The van der Waals surface area contributed by atoms with Gasteiger partial charge in [0.15, 0.2) is 0 Å². The summed E-state index contributed by atoms with van der Waals surface area (Å²) in [4.78, 5) is 4.36. The van der Waals surface area contributed by atoms with Crippen LogP contribution in [-0.4, -0.2) is 11.6 Å². The Labute approximate surface area is 132 Å². The number of nitrogens with zero attached hydrogens (tertiary/aromatic N) is 2. The van der Waals surface area contributed by atoms with Gasteiger partial charge in [0.05, 0.1) is 18.2 Å². The van der Waals surface area contributed by atoms with Crippen molar-refractivity contribution in [1.82, 2.24) is 4.98 Å². The first kappa shape index (κ1) is 16.3. The molecule has 0 N–H and O–H groups in total. The molecule has 0 saturated heterocycles. The lowest BCUT2D eigenvalue weighted by atomic mass is 10.1. The Hall–Kier alpha value is -2.08. The predicted molar refractivity (Wildman–Crippen MR) is 89.9 cm³/mol. The van der Waals surface area contributed by atoms with E-state index in [1.165, 1.54) is 38.5 Å². The Morgan fingerprint density at radius 2 is 1.82 bits per heavy atom. The van der Waals surface area contributed by atoms with Gasteiger partial charge in [0.1, 0.15) is 11.3 Å². The minimum absolute atomic E-state index is 0.645. The van der Waals surface area contributed by atoms with Crippen molar-refractivity contribution in [3.05, 3.63) is 36.0 Å². The summed E-state index contributed by atoms with van der Waals surface area (Å²) in [7, 11) is 0. The van der Waals surface area contributed by atoms with Crippen LogP contribution in [0.2, 0.25) is 0 Å². The largest absolute Gasteiger partial charge is 0.491 e. The average molecular weight is 296 g/mol. The molecular formula is C19H24N2O. The van der Waals surface area contributed by atoms with Crippen molar-refractivity contribution >= 4 is 10.9 Å². The monoisotopic (exact) mass is 296 g/mol. The molecule has 0 spiro atoms. The molecule has 1 heterocycles. The molecule has 0 amide bonds. The summed E-state index contributed by atoms with van der Waals surface area (Å²) in [5, 5.41) is 10.0. The van der Waals surface area contributed by atoms with E-state index in [9.17, 15) is 0 Å². The van der Waals surface area contributed by atoms with Crippen molar-refractivity contribution in [1.29, 1.82) is 5.26 Å². The minimum Gasteiger partial charge on any atom is -0.491 e. The normalized spacial score (nSPS) is 10.5. The fourth-order valence-electron chi connectivity index (χ4n) is 2.60. The second-order valence-corrected chi connectivity index (χ2v) is 5.59. The summed E-state index contributed by atoms with van der Waals surface area (Å²) >= 11 is 0. The lowest BCUT2D eigenvalue weighted by Crippen LogP contribution is -1.99. The van der Waals surface area contributed by atoms with Crippen LogP contribution in [-0.2, 0) is 0 Å². The predicted octanol–water partition coefficient (Wildman–Crippen LogP) is 5.24. The molecule has 1 aromatic carbocycles. The van der Waals surface area contributed by atoms with Gasteiger partial charge < -0.3 is 4.74 Å². The molecule has 0 fully saturated rings. The highest BCUT2D eigenvalue weighted by Crippen LogP contribution is 2.26. The van der Waals surface area contributed by atoms with Gasteiger partial charge >= 0.3 is 0 Å². The highest BCUT2D eigenvalue weighted by Gasteiger charge is 2.07. The topological polar surface area (TPSA) is 45.9 Å². The van der Waals surface area contributed by atoms with E-state index in [-0.39, 0.29) is 0 Å². The molecule has 2 aromatic rings. The van der Waals surface area contributed by atoms with Crippen LogP contribution in [0.3, 0.4) is 0 Å². The number of rotatable bonds is 9. The Morgan fingerprint density at radius 3 is 2.59 bits per heavy atom. The molecule has 0 bridgehead atoms. The molecule has 0 radical (unpaired) electrons. The molecule has 0 aliphatic rings. The highest BCUT2D eigenvalue weighted by molar-refractivity contribution is 5.89. The molecule has 3 nitrogen and oxygen atoms in total. The van der Waals surface area contributed by atoms with Gasteiger partial charge in [-0.05, 0) is 30.7 Å². The van der Waals surface area contributed by atoms with Crippen LogP contribution >= 0.6 is 0 Å². The van der Waals surface area contributed by atoms with E-state index in [1.54, 1.807) is 6.20 Å². The Balaban J connectivity index is 1.84. The maximum Gasteiger partial charge on any atom is 0.145 e. The van der Waals surface area contributed by atoms with Gasteiger partial charge in [-0.15, -0.1) is 0 Å². The molecule has 116 valence electrons. The summed E-state index contributed by atoms with van der Waals surface area (Å²) in [6, 6.07) is 9.64. The molecular weight excluding hydrogens is 272 g/mol. The lowest BCUT2D eigenvalue weighted by Gasteiger charge is -2.09. The van der Waals surface area contributed by atoms with Crippen LogP contribution in [0.4, 0.5) is 0 Å². The van der Waals surface area contributed by atoms with Gasteiger partial charge in [0.2, 0.25) is 0 Å². The second kappa shape index (κ2) is 9.04. The Morgan fingerprint density at radius 1 is 1.05 bits per heavy atom. The number of hydrogen-bond donors (Lipinski definition) is 0. The fraction of sp³-hybridized carbons (Fsp3) is 0.474. The molecule has 1 aromatic heterocycles. The number of fused-ring (bicyclic) bond motifs is 1. The van der Waals surface area contributed by atoms with E-state index in [4.69, 9.17) is 10.00 Å². The van der Waals surface area contributed by atoms with Crippen LogP contribution in [0.1, 0.15) is 57.4 Å². The summed E-state index contributed by atoms with van der Waals surface area (Å²) < 4.78 is 5.87. The zero-order chi connectivity index (χ0) is 15.6. The van der Waals surface area contributed by atoms with Crippen molar-refractivity contribution in [2.24, 2.45) is 0 Å². The summed E-state index contributed by atoms with van der Waals surface area (Å²) in [5.41, 5.74) is 1.43. The number of hydrogen-bond acceptors (Lipinski definition) is 3. The Kier molecular flexibility index (Phi) is 6.70. The van der Waals surface area contributed by atoms with Crippen molar-refractivity contribution < 1.29 is 4.74 Å². The van der Waals surface area contributed by atoms with Gasteiger partial charge in [0.25, 0.3) is 0 Å². The average Bonchev–Trinajstić information content (AvgIpc) is 2.57. The first-order valence-corrected chi connectivity index (χ1v) is 8.27. The van der Waals surface area contributed by atoms with Crippen LogP contribution in [0.5, 0.6) is 5.75 Å². The minimum atomic E-state index is 0.645. The fourth-order valence-corrected chi connectivity index (χ4v) is 2.60. The summed E-state index contributed by atoms with van der Waals surface area (Å²) in [6.45, 7) is 2.95. The number of unbranched alkanes of at least 4 members (excludes halogenated alkanes) is 6. The molecule has 2 rings (SSSR count). The van der Waals surface area contributed by atoms with Gasteiger partial charge in [0, 0.05) is 11.6 Å². The third-order valence-electron chi connectivity index (χ3n) is 3.86. The molecule has 3 heteroatoms. The van der Waals surface area contributed by atoms with Gasteiger partial charge in [-0.25, -0.2) is 0 Å². The standard InChI is InChI=1S/C19H24N2O/c1-2-3-4-5-6-7-8-14-22-18-12-11-16(15-20)17-10-9-13-21-19(17)18/h9-13H,2-8,14H2,1H3. The summed E-state index contributed by atoms with van der Waals surface area (Å²) in [6.07, 6.45) is 10.6. The SMILES string of the molecule is CCCCCCCCCOc1ccc(C#N)c2cccnc12. The van der Waals surface area contributed by atoms with Gasteiger partial charge in [-0.3, -0.25) is 4.98 Å². The van der Waals surface area contributed by atoms with E-state index in [2.05, 4.69) is 18.0 Å². The molecule has 0 atom stereocenters. The van der Waals surface area contributed by atoms with Crippen molar-refractivity contribution in [2.45, 2.75) is 51.9 Å². The van der Waals surface area contributed by atoms with Crippen LogP contribution < -0.4 is 4.74 Å². The number of ether oxygens (including phenoxy) is 1. The molecule has 22 heavy (non-hydrogen) atoms. The third-order valence-corrected chi connectivity index (χ3v) is 3.86. The summed E-state index contributed by atoms with van der Waals surface area (Å²) in [5.74, 6) is 0.778. The Bertz CT molecular complexity index is 631. The molecule has 0 saturated carbocycles. The van der Waals surface area contributed by atoms with E-state index in [1.807, 2.05) is 24.3 Å². The van der Waals surface area contributed by atoms with E-state index < -0.39 is 0 Å². The van der Waals surface area contributed by atoms with Crippen molar-refractivity contribution in [2.75, 3.05) is 6.61 Å². The zero-order valence-electron chi connectivity index (χ0n) is 13.3. The van der Waals surface area contributed by atoms with E-state index in [0.29, 0.717) is 12.2 Å². The van der Waals surface area contributed by atoms with Crippen molar-refractivity contribution in [3.8, 4) is 11.8 Å². The quantitative estimate of drug-likeness (QED) is 0.595.